The predicted molar refractivity (Wildman–Crippen MR) is 204 cm³/mol. The van der Waals surface area contributed by atoms with Gasteiger partial charge in [0.2, 0.25) is 0 Å². The first-order valence-electron chi connectivity index (χ1n) is 16.7. The smallest absolute Gasteiger partial charge is 0.164 e. The van der Waals surface area contributed by atoms with Crippen molar-refractivity contribution in [1.29, 1.82) is 0 Å². The molecule has 0 saturated carbocycles. The fraction of sp³-hybridized carbons (Fsp3) is 0.318. The molecule has 0 N–H and O–H groups in total. The second-order valence-corrected chi connectivity index (χ2v) is 13.9. The molecule has 0 saturated heterocycles. The summed E-state index contributed by atoms with van der Waals surface area (Å²) in [5.41, 5.74) is 16.7. The summed E-state index contributed by atoms with van der Waals surface area (Å²) in [5.74, 6) is 0. The van der Waals surface area contributed by atoms with Crippen LogP contribution in [0.25, 0.3) is 43.8 Å². The molecular formula is C44H52SiZr. The summed E-state index contributed by atoms with van der Waals surface area (Å²) in [6.07, 6.45) is 4.74. The van der Waals surface area contributed by atoms with Crippen molar-refractivity contribution in [3.05, 3.63) is 129 Å². The van der Waals surface area contributed by atoms with Crippen LogP contribution in [0.1, 0.15) is 71.2 Å². The van der Waals surface area contributed by atoms with Gasteiger partial charge in [0, 0.05) is 9.52 Å². The molecule has 0 fully saturated rings. The van der Waals surface area contributed by atoms with E-state index in [2.05, 4.69) is 153 Å². The van der Waals surface area contributed by atoms with Crippen molar-refractivity contribution in [2.45, 2.75) is 94.2 Å². The molecule has 6 rings (SSSR count). The van der Waals surface area contributed by atoms with Crippen LogP contribution in [0.2, 0.25) is 13.1 Å². The zero-order valence-corrected chi connectivity index (χ0v) is 33.4. The molecule has 0 bridgehead atoms. The van der Waals surface area contributed by atoms with Gasteiger partial charge in [-0.05, 0) is 87.8 Å². The van der Waals surface area contributed by atoms with Gasteiger partial charge < -0.3 is 0 Å². The van der Waals surface area contributed by atoms with E-state index in [9.17, 15) is 0 Å². The van der Waals surface area contributed by atoms with E-state index in [4.69, 9.17) is 0 Å². The molecule has 0 atom stereocenters. The van der Waals surface area contributed by atoms with Crippen molar-refractivity contribution in [2.24, 2.45) is 0 Å². The molecule has 0 aliphatic carbocycles. The standard InChI is InChI=1S/2C21H23.C2H6Si.Zr/c2*1-5-7-17-12-18-8-6-9-19(21(18)13-17)20-11-14(2)10-15(3)16(20)4;1-3-2;/h2*6,8-13H,5,7H2,1-4H3;1-2H3;/q2*-1;;+2. The van der Waals surface area contributed by atoms with E-state index in [0.717, 1.165) is 9.52 Å². The SMILES string of the molecule is CCCc1cc2c(-c3cc(C)cc(C)c3C)cccc2[cH-]1.CCCc1cc2c(-c3cc(C)cc(C)c3C)cccc2[cH-]1.C[Si]C.[Zr+2]. The summed E-state index contributed by atoms with van der Waals surface area (Å²) < 4.78 is 0. The van der Waals surface area contributed by atoms with Gasteiger partial charge in [0.25, 0.3) is 0 Å². The fourth-order valence-electron chi connectivity index (χ4n) is 6.57. The molecule has 0 aliphatic heterocycles. The minimum atomic E-state index is 0. The van der Waals surface area contributed by atoms with Crippen molar-refractivity contribution in [1.82, 2.24) is 0 Å². The van der Waals surface area contributed by atoms with Crippen LogP contribution in [0.3, 0.4) is 0 Å². The van der Waals surface area contributed by atoms with Crippen molar-refractivity contribution in [2.75, 3.05) is 0 Å². The number of benzene rings is 4. The number of hydrogen-bond donors (Lipinski definition) is 0. The second-order valence-electron chi connectivity index (χ2n) is 12.9. The van der Waals surface area contributed by atoms with Crippen LogP contribution >= 0.6 is 0 Å². The van der Waals surface area contributed by atoms with E-state index in [-0.39, 0.29) is 26.2 Å². The maximum Gasteiger partial charge on any atom is 2.00 e. The summed E-state index contributed by atoms with van der Waals surface area (Å²) >= 11 is 0. The molecular weight excluding hydrogens is 648 g/mol. The van der Waals surface area contributed by atoms with Crippen LogP contribution in [0.4, 0.5) is 0 Å². The van der Waals surface area contributed by atoms with Crippen molar-refractivity contribution < 1.29 is 26.2 Å². The number of fused-ring (bicyclic) bond motifs is 2. The molecule has 0 heterocycles. The van der Waals surface area contributed by atoms with Crippen LogP contribution in [0.15, 0.2) is 84.9 Å². The summed E-state index contributed by atoms with van der Waals surface area (Å²) in [6.45, 7) is 22.0. The van der Waals surface area contributed by atoms with Gasteiger partial charge in [-0.2, -0.15) is 12.1 Å². The summed E-state index contributed by atoms with van der Waals surface area (Å²) in [7, 11) is 1.08. The van der Waals surface area contributed by atoms with Gasteiger partial charge in [0.1, 0.15) is 0 Å². The van der Waals surface area contributed by atoms with E-state index < -0.39 is 0 Å². The van der Waals surface area contributed by atoms with Gasteiger partial charge in [-0.25, -0.2) is 0 Å². The molecule has 0 aliphatic rings. The topological polar surface area (TPSA) is 0 Å². The number of hydrogen-bond acceptors (Lipinski definition) is 0. The Hall–Kier alpha value is -2.80. The maximum atomic E-state index is 2.38. The largest absolute Gasteiger partial charge is 2.00 e. The van der Waals surface area contributed by atoms with Crippen LogP contribution in [-0.4, -0.2) is 9.52 Å². The molecule has 0 unspecified atom stereocenters. The number of rotatable bonds is 6. The Balaban J connectivity index is 0.000000226. The van der Waals surface area contributed by atoms with E-state index >= 15 is 0 Å². The Bertz CT molecular complexity index is 1740. The third-order valence-corrected chi connectivity index (χ3v) is 8.90. The Kier molecular flexibility index (Phi) is 14.2. The molecule has 0 spiro atoms. The quantitative estimate of drug-likeness (QED) is 0.120. The zero-order chi connectivity index (χ0) is 32.7. The van der Waals surface area contributed by atoms with Gasteiger partial charge in [0.15, 0.2) is 0 Å². The average Bonchev–Trinajstić information content (AvgIpc) is 3.61. The van der Waals surface area contributed by atoms with Gasteiger partial charge in [-0.15, -0.1) is 69.1 Å². The molecule has 236 valence electrons. The van der Waals surface area contributed by atoms with Crippen LogP contribution in [-0.2, 0) is 39.0 Å². The van der Waals surface area contributed by atoms with Crippen molar-refractivity contribution in [3.63, 3.8) is 0 Å². The minimum Gasteiger partial charge on any atom is -0.164 e. The normalized spacial score (nSPS) is 10.7. The monoisotopic (exact) mass is 698 g/mol. The first-order chi connectivity index (χ1) is 21.6. The van der Waals surface area contributed by atoms with Crippen LogP contribution < -0.4 is 0 Å². The molecule has 0 nitrogen and oxygen atoms in total. The fourth-order valence-corrected chi connectivity index (χ4v) is 6.57. The van der Waals surface area contributed by atoms with E-state index in [1.807, 2.05) is 0 Å². The molecule has 2 heteroatoms. The van der Waals surface area contributed by atoms with Crippen LogP contribution in [0, 0.1) is 41.5 Å². The zero-order valence-electron chi connectivity index (χ0n) is 29.9. The Morgan fingerprint density at radius 3 is 1.24 bits per heavy atom. The average molecular weight is 700 g/mol. The van der Waals surface area contributed by atoms with E-state index in [1.54, 1.807) is 0 Å². The molecule has 0 aromatic heterocycles. The van der Waals surface area contributed by atoms with Crippen molar-refractivity contribution >= 4 is 31.1 Å². The molecule has 0 amide bonds. The second kappa shape index (κ2) is 17.4. The summed E-state index contributed by atoms with van der Waals surface area (Å²) in [5, 5.41) is 5.53. The Morgan fingerprint density at radius 2 is 0.891 bits per heavy atom. The van der Waals surface area contributed by atoms with Gasteiger partial charge >= 0.3 is 26.2 Å². The Morgan fingerprint density at radius 1 is 0.522 bits per heavy atom. The first kappa shape index (κ1) is 37.7. The summed E-state index contributed by atoms with van der Waals surface area (Å²) in [6, 6.07) is 32.0. The molecule has 6 aromatic carbocycles. The van der Waals surface area contributed by atoms with Gasteiger partial charge in [-0.1, -0.05) is 98.4 Å². The van der Waals surface area contributed by atoms with Gasteiger partial charge in [-0.3, -0.25) is 0 Å². The van der Waals surface area contributed by atoms with E-state index in [0.29, 0.717) is 0 Å². The van der Waals surface area contributed by atoms with E-state index in [1.165, 1.54) is 114 Å². The minimum absolute atomic E-state index is 0. The Labute approximate surface area is 301 Å². The molecule has 46 heavy (non-hydrogen) atoms. The van der Waals surface area contributed by atoms with Gasteiger partial charge in [0.05, 0.1) is 0 Å². The maximum absolute atomic E-state index is 2.38. The molecule has 6 aromatic rings. The van der Waals surface area contributed by atoms with Crippen molar-refractivity contribution in [3.8, 4) is 22.3 Å². The first-order valence-corrected chi connectivity index (χ1v) is 18.7. The molecule has 2 radical (unpaired) electrons. The third kappa shape index (κ3) is 8.76. The summed E-state index contributed by atoms with van der Waals surface area (Å²) in [4.78, 5) is 0. The number of aryl methyl sites for hydroxylation is 6. The van der Waals surface area contributed by atoms with Crippen LogP contribution in [0.5, 0.6) is 0 Å². The predicted octanol–water partition coefficient (Wildman–Crippen LogP) is 13.0. The third-order valence-electron chi connectivity index (χ3n) is 8.90.